The number of aromatic nitrogens is 1. The van der Waals surface area contributed by atoms with Crippen molar-refractivity contribution < 1.29 is 22.7 Å². The topological polar surface area (TPSA) is 85.8 Å². The number of carbonyl (C=O) groups excluding carboxylic acids is 1. The number of methoxy groups -OCH3 is 1. The average molecular weight is 525 g/mol. The molecule has 1 aromatic heterocycles. The molecular weight excluding hydrogens is 504 g/mol. The van der Waals surface area contributed by atoms with E-state index in [1.807, 2.05) is 18.2 Å². The molecule has 0 saturated carbocycles. The van der Waals surface area contributed by atoms with Crippen LogP contribution < -0.4 is 9.64 Å². The van der Waals surface area contributed by atoms with E-state index in [2.05, 4.69) is 20.9 Å². The number of fused-ring (bicyclic) bond motifs is 1. The lowest BCUT2D eigenvalue weighted by molar-refractivity contribution is -0.116. The summed E-state index contributed by atoms with van der Waals surface area (Å²) in [4.78, 5) is 19.3. The van der Waals surface area contributed by atoms with Crippen molar-refractivity contribution >= 4 is 58.4 Å². The van der Waals surface area contributed by atoms with Crippen molar-refractivity contribution in [1.82, 2.24) is 4.98 Å². The molecule has 164 valence electrons. The zero-order chi connectivity index (χ0) is 22.0. The number of amides is 1. The zero-order valence-electron chi connectivity index (χ0n) is 16.8. The lowest BCUT2D eigenvalue weighted by atomic mass is 10.2. The number of hydrogen-bond donors (Lipinski definition) is 0. The number of nitrogens with zero attached hydrogens (tertiary/aromatic N) is 2. The molecule has 1 saturated heterocycles. The maximum Gasteiger partial charge on any atom is 0.244 e. The van der Waals surface area contributed by atoms with Crippen molar-refractivity contribution in [3.05, 3.63) is 46.9 Å². The minimum absolute atomic E-state index is 0.0759. The number of carbonyl (C=O) groups is 1. The zero-order valence-corrected chi connectivity index (χ0v) is 20.0. The predicted molar refractivity (Wildman–Crippen MR) is 124 cm³/mol. The summed E-state index contributed by atoms with van der Waals surface area (Å²) in [7, 11) is -2.32. The van der Waals surface area contributed by atoms with Gasteiger partial charge in [0.2, 0.25) is 5.91 Å². The number of halogens is 1. The summed E-state index contributed by atoms with van der Waals surface area (Å²) < 4.78 is 38.4. The molecule has 0 aliphatic carbocycles. The third kappa shape index (κ3) is 5.08. The maximum atomic E-state index is 13.2. The van der Waals surface area contributed by atoms with Gasteiger partial charge in [0.1, 0.15) is 11.5 Å². The summed E-state index contributed by atoms with van der Waals surface area (Å²) in [5.41, 5.74) is 0.756. The van der Waals surface area contributed by atoms with Crippen molar-refractivity contribution in [3.8, 4) is 5.75 Å². The standard InChI is InChI=1S/C21H21BrN2O5S2/c1-28-15-5-7-17(8-6-15)31(26,27)13-20(25)24(12-16-3-2-10-29-16)21-23-18-9-4-14(22)11-19(18)30-21/h4-9,11,16H,2-3,10,12-13H2,1H3. The Balaban J connectivity index is 1.62. The van der Waals surface area contributed by atoms with Crippen molar-refractivity contribution in [2.45, 2.75) is 23.8 Å². The summed E-state index contributed by atoms with van der Waals surface area (Å²) in [6, 6.07) is 11.7. The second-order valence-electron chi connectivity index (χ2n) is 7.18. The van der Waals surface area contributed by atoms with Crippen molar-refractivity contribution in [3.63, 3.8) is 0 Å². The largest absolute Gasteiger partial charge is 0.497 e. The fourth-order valence-electron chi connectivity index (χ4n) is 3.39. The fourth-order valence-corrected chi connectivity index (χ4v) is 6.13. The summed E-state index contributed by atoms with van der Waals surface area (Å²) in [5.74, 6) is -0.624. The molecule has 1 fully saturated rings. The Morgan fingerprint density at radius 1 is 1.29 bits per heavy atom. The van der Waals surface area contributed by atoms with Crippen molar-refractivity contribution in [1.29, 1.82) is 0 Å². The summed E-state index contributed by atoms with van der Waals surface area (Å²) in [6.45, 7) is 0.918. The SMILES string of the molecule is COc1ccc(S(=O)(=O)CC(=O)N(CC2CCCO2)c2nc3ccc(Br)cc3s2)cc1. The van der Waals surface area contributed by atoms with Gasteiger partial charge in [-0.05, 0) is 55.3 Å². The second kappa shape index (κ2) is 9.23. The van der Waals surface area contributed by atoms with E-state index in [4.69, 9.17) is 9.47 Å². The highest BCUT2D eigenvalue weighted by Crippen LogP contribution is 2.32. The van der Waals surface area contributed by atoms with E-state index < -0.39 is 21.5 Å². The summed E-state index contributed by atoms with van der Waals surface area (Å²) in [6.07, 6.45) is 1.61. The van der Waals surface area contributed by atoms with E-state index in [0.717, 1.165) is 27.5 Å². The third-order valence-corrected chi connectivity index (χ3v) is 8.17. The molecule has 3 aromatic rings. The molecule has 7 nitrogen and oxygen atoms in total. The normalized spacial score (nSPS) is 16.5. The molecule has 1 amide bonds. The summed E-state index contributed by atoms with van der Waals surface area (Å²) in [5, 5.41) is 0.471. The van der Waals surface area contributed by atoms with Crippen LogP contribution in [0.25, 0.3) is 10.2 Å². The van der Waals surface area contributed by atoms with Gasteiger partial charge in [0.15, 0.2) is 15.0 Å². The molecule has 31 heavy (non-hydrogen) atoms. The van der Waals surface area contributed by atoms with E-state index in [0.29, 0.717) is 17.5 Å². The van der Waals surface area contributed by atoms with Gasteiger partial charge in [-0.15, -0.1) is 0 Å². The van der Waals surface area contributed by atoms with Crippen LogP contribution in [0.3, 0.4) is 0 Å². The quantitative estimate of drug-likeness (QED) is 0.463. The van der Waals surface area contributed by atoms with E-state index in [1.165, 1.54) is 35.5 Å². The van der Waals surface area contributed by atoms with Crippen LogP contribution in [0.1, 0.15) is 12.8 Å². The van der Waals surface area contributed by atoms with Crippen LogP contribution in [0.5, 0.6) is 5.75 Å². The van der Waals surface area contributed by atoms with Crippen LogP contribution in [0, 0.1) is 0 Å². The molecule has 2 aromatic carbocycles. The van der Waals surface area contributed by atoms with Gasteiger partial charge in [0, 0.05) is 11.1 Å². The minimum atomic E-state index is -3.83. The van der Waals surface area contributed by atoms with Crippen LogP contribution in [0.2, 0.25) is 0 Å². The molecule has 1 unspecified atom stereocenters. The van der Waals surface area contributed by atoms with Crippen LogP contribution in [-0.2, 0) is 19.4 Å². The number of hydrogen-bond acceptors (Lipinski definition) is 7. The smallest absolute Gasteiger partial charge is 0.244 e. The Hall–Kier alpha value is -2.01. The van der Waals surface area contributed by atoms with E-state index in [9.17, 15) is 13.2 Å². The van der Waals surface area contributed by atoms with Gasteiger partial charge in [-0.3, -0.25) is 9.69 Å². The Morgan fingerprint density at radius 3 is 2.74 bits per heavy atom. The van der Waals surface area contributed by atoms with E-state index in [1.54, 1.807) is 12.1 Å². The van der Waals surface area contributed by atoms with Gasteiger partial charge in [0.25, 0.3) is 0 Å². The first-order chi connectivity index (χ1) is 14.9. The highest BCUT2D eigenvalue weighted by molar-refractivity contribution is 9.10. The Morgan fingerprint density at radius 2 is 2.06 bits per heavy atom. The monoisotopic (exact) mass is 524 g/mol. The lowest BCUT2D eigenvalue weighted by Gasteiger charge is -2.23. The van der Waals surface area contributed by atoms with Crippen LogP contribution >= 0.6 is 27.3 Å². The van der Waals surface area contributed by atoms with Crippen molar-refractivity contribution in [2.75, 3.05) is 30.9 Å². The molecule has 0 spiro atoms. The number of thiazole rings is 1. The molecule has 1 atom stereocenters. The van der Waals surface area contributed by atoms with Crippen molar-refractivity contribution in [2.24, 2.45) is 0 Å². The highest BCUT2D eigenvalue weighted by atomic mass is 79.9. The number of sulfone groups is 1. The molecule has 1 aliphatic rings. The molecule has 0 radical (unpaired) electrons. The Bertz CT molecular complexity index is 1190. The van der Waals surface area contributed by atoms with Crippen LogP contribution in [0.4, 0.5) is 5.13 Å². The Kier molecular flexibility index (Phi) is 6.61. The lowest BCUT2D eigenvalue weighted by Crippen LogP contribution is -2.40. The third-order valence-electron chi connectivity index (χ3n) is 5.01. The first kappa shape index (κ1) is 22.2. The number of benzene rings is 2. The molecular formula is C21H21BrN2O5S2. The number of ether oxygens (including phenoxy) is 2. The molecule has 2 heterocycles. The number of rotatable bonds is 7. The van der Waals surface area contributed by atoms with E-state index in [-0.39, 0.29) is 17.5 Å². The Labute approximate surface area is 193 Å². The number of anilines is 1. The highest BCUT2D eigenvalue weighted by Gasteiger charge is 2.30. The first-order valence-electron chi connectivity index (χ1n) is 9.70. The first-order valence-corrected chi connectivity index (χ1v) is 13.0. The maximum absolute atomic E-state index is 13.2. The molecule has 0 bridgehead atoms. The van der Waals surface area contributed by atoms with Gasteiger partial charge in [-0.25, -0.2) is 13.4 Å². The van der Waals surface area contributed by atoms with Gasteiger partial charge < -0.3 is 9.47 Å². The summed E-state index contributed by atoms with van der Waals surface area (Å²) >= 11 is 4.80. The minimum Gasteiger partial charge on any atom is -0.497 e. The fraction of sp³-hybridized carbons (Fsp3) is 0.333. The average Bonchev–Trinajstić information content (AvgIpc) is 3.40. The van der Waals surface area contributed by atoms with Crippen LogP contribution in [0.15, 0.2) is 51.8 Å². The molecule has 4 rings (SSSR count). The molecule has 1 aliphatic heterocycles. The van der Waals surface area contributed by atoms with Crippen LogP contribution in [-0.4, -0.2) is 51.4 Å². The molecule has 10 heteroatoms. The van der Waals surface area contributed by atoms with Gasteiger partial charge >= 0.3 is 0 Å². The predicted octanol–water partition coefficient (Wildman–Crippen LogP) is 4.05. The second-order valence-corrected chi connectivity index (χ2v) is 11.1. The molecule has 0 N–H and O–H groups in total. The van der Waals surface area contributed by atoms with Gasteiger partial charge in [0.05, 0.1) is 34.9 Å². The van der Waals surface area contributed by atoms with E-state index >= 15 is 0 Å². The van der Waals surface area contributed by atoms with Gasteiger partial charge in [-0.1, -0.05) is 27.3 Å². The van der Waals surface area contributed by atoms with Gasteiger partial charge in [-0.2, -0.15) is 0 Å².